The van der Waals surface area contributed by atoms with E-state index in [1.165, 1.54) is 11.1 Å². The topological polar surface area (TPSA) is 130 Å². The van der Waals surface area contributed by atoms with Crippen LogP contribution in [0.25, 0.3) is 44.9 Å². The first-order valence-corrected chi connectivity index (χ1v) is 19.3. The van der Waals surface area contributed by atoms with Crippen LogP contribution in [-0.4, -0.2) is 39.7 Å². The molecule has 1 spiro atoms. The molecule has 0 radical (unpaired) electrons. The van der Waals surface area contributed by atoms with Crippen molar-refractivity contribution in [2.24, 2.45) is 5.92 Å². The second-order valence-corrected chi connectivity index (χ2v) is 16.0. The van der Waals surface area contributed by atoms with E-state index in [4.69, 9.17) is 23.5 Å². The van der Waals surface area contributed by atoms with E-state index in [0.29, 0.717) is 42.0 Å². The van der Waals surface area contributed by atoms with Crippen LogP contribution < -0.4 is 20.7 Å². The van der Waals surface area contributed by atoms with Crippen molar-refractivity contribution in [3.8, 4) is 39.8 Å². The van der Waals surface area contributed by atoms with E-state index in [2.05, 4.69) is 116 Å². The molecular weight excluding hydrogens is 689 g/mol. The number of H-pyrrole nitrogens is 1. The van der Waals surface area contributed by atoms with Crippen molar-refractivity contribution in [2.75, 3.05) is 11.9 Å². The molecule has 55 heavy (non-hydrogen) atoms. The second-order valence-electron chi connectivity index (χ2n) is 16.0. The van der Waals surface area contributed by atoms with Gasteiger partial charge in [0.25, 0.3) is 0 Å². The van der Waals surface area contributed by atoms with Gasteiger partial charge in [0.15, 0.2) is 23.4 Å². The third-order valence-corrected chi connectivity index (χ3v) is 11.7. The normalized spacial score (nSPS) is 21.7. The summed E-state index contributed by atoms with van der Waals surface area (Å²) in [7, 11) is 0. The number of hydrogen-bond donors (Lipinski definition) is 4. The Morgan fingerprint density at radius 2 is 1.85 bits per heavy atom. The molecule has 3 aromatic heterocycles. The first-order chi connectivity index (χ1) is 26.7. The Kier molecular flexibility index (Phi) is 7.71. The molecule has 0 saturated carbocycles. The lowest BCUT2D eigenvalue weighted by Crippen LogP contribution is -2.47. The van der Waals surface area contributed by atoms with Crippen molar-refractivity contribution in [3.05, 3.63) is 119 Å². The largest absolute Gasteiger partial charge is 0.469 e. The molecule has 4 N–H and O–H groups in total. The molecule has 1 amide bonds. The molecule has 10 heteroatoms. The van der Waals surface area contributed by atoms with Gasteiger partial charge >= 0.3 is 0 Å². The van der Waals surface area contributed by atoms with Crippen LogP contribution in [0.1, 0.15) is 81.8 Å². The maximum Gasteiger partial charge on any atom is 0.249 e. The smallest absolute Gasteiger partial charge is 0.249 e. The molecule has 6 aromatic rings. The molecule has 0 saturated heterocycles. The number of nitrogens with zero attached hydrogens (tertiary/aromatic N) is 2. The Bertz CT molecular complexity index is 2580. The maximum atomic E-state index is 14.3. The van der Waals surface area contributed by atoms with Crippen LogP contribution in [0.3, 0.4) is 0 Å². The van der Waals surface area contributed by atoms with Gasteiger partial charge in [0.1, 0.15) is 17.2 Å². The molecule has 0 aliphatic carbocycles. The third-order valence-electron chi connectivity index (χ3n) is 11.7. The first-order valence-electron chi connectivity index (χ1n) is 19.3. The first kappa shape index (κ1) is 33.7. The van der Waals surface area contributed by atoms with Gasteiger partial charge in [-0.1, -0.05) is 79.6 Å². The molecule has 0 fully saturated rings. The number of amides is 1. The summed E-state index contributed by atoms with van der Waals surface area (Å²) in [5.74, 6) is 2.51. The number of benzene rings is 3. The molecule has 4 atom stereocenters. The van der Waals surface area contributed by atoms with Gasteiger partial charge in [-0.05, 0) is 69.2 Å². The van der Waals surface area contributed by atoms with Crippen molar-refractivity contribution < 1.29 is 18.4 Å². The number of fused-ring (bicyclic) bond motifs is 7. The van der Waals surface area contributed by atoms with E-state index in [1.807, 2.05) is 12.3 Å². The van der Waals surface area contributed by atoms with Crippen LogP contribution in [0.5, 0.6) is 5.75 Å². The minimum Gasteiger partial charge on any atom is -0.469 e. The van der Waals surface area contributed by atoms with E-state index in [1.54, 1.807) is 6.20 Å². The van der Waals surface area contributed by atoms with E-state index >= 15 is 0 Å². The Labute approximate surface area is 319 Å². The monoisotopic (exact) mass is 732 g/mol. The lowest BCUT2D eigenvalue weighted by Gasteiger charge is -2.28. The van der Waals surface area contributed by atoms with E-state index < -0.39 is 23.7 Å². The SMILES string of the molecule is CC(C)=CCC/C(C)=C/CN[C@H]1Cc2ccc3c(c2)C24c5cccc(c5NC2O3)-c2cccc3[nH]cc(c23)-c2cnc(o2)-c2nc(oc24)[C@H](C(C)C)NC1=O. The summed E-state index contributed by atoms with van der Waals surface area (Å²) < 4.78 is 20.7. The second kappa shape index (κ2) is 12.6. The average Bonchev–Trinajstić information content (AvgIpc) is 3.99. The number of ether oxygens (including phenoxy) is 1. The number of aromatic nitrogens is 3. The number of nitrogens with one attached hydrogen (secondary N) is 4. The maximum absolute atomic E-state index is 14.3. The summed E-state index contributed by atoms with van der Waals surface area (Å²) in [5.41, 5.74) is 10.1. The number of carbonyl (C=O) groups excluding carboxylic acids is 1. The Morgan fingerprint density at radius 3 is 2.71 bits per heavy atom. The Morgan fingerprint density at radius 1 is 1.00 bits per heavy atom. The highest BCUT2D eigenvalue weighted by Gasteiger charge is 2.61. The summed E-state index contributed by atoms with van der Waals surface area (Å²) in [4.78, 5) is 27.9. The minimum absolute atomic E-state index is 0.0453. The van der Waals surface area contributed by atoms with Crippen LogP contribution in [0.4, 0.5) is 5.69 Å². The van der Waals surface area contributed by atoms with Crippen molar-refractivity contribution in [2.45, 2.75) is 77.6 Å². The Hall–Kier alpha value is -5.87. The number of para-hydroxylation sites is 1. The van der Waals surface area contributed by atoms with Gasteiger partial charge in [-0.15, -0.1) is 0 Å². The lowest BCUT2D eigenvalue weighted by molar-refractivity contribution is -0.124. The molecule has 278 valence electrons. The highest BCUT2D eigenvalue weighted by molar-refractivity contribution is 6.07. The van der Waals surface area contributed by atoms with Crippen molar-refractivity contribution in [1.29, 1.82) is 0 Å². The minimum atomic E-state index is -0.960. The summed E-state index contributed by atoms with van der Waals surface area (Å²) in [6.07, 6.45) is 10.1. The molecule has 2 unspecified atom stereocenters. The van der Waals surface area contributed by atoms with Crippen LogP contribution in [0, 0.1) is 5.92 Å². The van der Waals surface area contributed by atoms with E-state index in [-0.39, 0.29) is 11.8 Å². The van der Waals surface area contributed by atoms with Gasteiger partial charge in [-0.25, -0.2) is 9.97 Å². The molecular formula is C45H44N6O4. The van der Waals surface area contributed by atoms with Gasteiger partial charge in [-0.2, -0.15) is 0 Å². The van der Waals surface area contributed by atoms with Crippen LogP contribution in [-0.2, 0) is 16.6 Å². The highest BCUT2D eigenvalue weighted by Crippen LogP contribution is 2.61. The number of carbonyl (C=O) groups is 1. The highest BCUT2D eigenvalue weighted by atomic mass is 16.5. The molecule has 4 aliphatic rings. The molecule has 3 aromatic carbocycles. The van der Waals surface area contributed by atoms with Gasteiger partial charge in [0.2, 0.25) is 17.7 Å². The van der Waals surface area contributed by atoms with Crippen molar-refractivity contribution in [1.82, 2.24) is 25.6 Å². The quantitative estimate of drug-likeness (QED) is 0.120. The number of oxazole rings is 2. The number of rotatable bonds is 7. The van der Waals surface area contributed by atoms with E-state index in [9.17, 15) is 4.79 Å². The lowest BCUT2D eigenvalue weighted by atomic mass is 9.72. The van der Waals surface area contributed by atoms with Gasteiger partial charge in [0, 0.05) is 51.6 Å². The zero-order valence-corrected chi connectivity index (χ0v) is 31.7. The molecule has 10 bridgehead atoms. The zero-order valence-electron chi connectivity index (χ0n) is 31.7. The van der Waals surface area contributed by atoms with Crippen LogP contribution in [0.15, 0.2) is 99.1 Å². The predicted octanol–water partition coefficient (Wildman–Crippen LogP) is 8.96. The zero-order chi connectivity index (χ0) is 37.6. The van der Waals surface area contributed by atoms with Crippen molar-refractivity contribution >= 4 is 22.5 Å². The number of hydrogen-bond acceptors (Lipinski definition) is 8. The summed E-state index contributed by atoms with van der Waals surface area (Å²) in [6, 6.07) is 18.0. The number of aromatic amines is 1. The fourth-order valence-corrected chi connectivity index (χ4v) is 8.97. The van der Waals surface area contributed by atoms with Crippen LogP contribution in [0.2, 0.25) is 0 Å². The molecule has 10 rings (SSSR count). The van der Waals surface area contributed by atoms with Gasteiger partial charge in [0.05, 0.1) is 12.2 Å². The molecule has 7 heterocycles. The van der Waals surface area contributed by atoms with Crippen molar-refractivity contribution in [3.63, 3.8) is 0 Å². The summed E-state index contributed by atoms with van der Waals surface area (Å²) in [6.45, 7) is 11.1. The fraction of sp³-hybridized carbons (Fsp3) is 0.311. The summed E-state index contributed by atoms with van der Waals surface area (Å²) in [5, 5.41) is 11.8. The molecule has 4 aliphatic heterocycles. The number of anilines is 1. The molecule has 10 nitrogen and oxygen atoms in total. The average molecular weight is 733 g/mol. The van der Waals surface area contributed by atoms with Crippen LogP contribution >= 0.6 is 0 Å². The predicted molar refractivity (Wildman–Crippen MR) is 213 cm³/mol. The number of allylic oxidation sites excluding steroid dienone is 3. The standard InChI is InChI=1S/C45H44N6O4/c1-23(2)9-6-10-25(5)17-18-46-33-20-26-15-16-34-31(19-26)45-30-13-7-12-28(38(30)51-44(45)54-34)27-11-8-14-32-36(27)29(21-47-32)35-22-48-42(53-35)39-40(45)55-43(50-39)37(24(3)4)49-41(33)52/h7-9,11-17,19,21-22,24,33,37,44,46-47,51H,6,10,18,20H2,1-5H3,(H,49,52)/b25-17+/t33-,37-,44?,45?/m0/s1. The summed E-state index contributed by atoms with van der Waals surface area (Å²) >= 11 is 0. The van der Waals surface area contributed by atoms with Gasteiger partial charge < -0.3 is 34.5 Å². The fourth-order valence-electron chi connectivity index (χ4n) is 8.97. The third kappa shape index (κ3) is 5.14. The van der Waals surface area contributed by atoms with E-state index in [0.717, 1.165) is 68.6 Å². The Balaban J connectivity index is 1.18. The van der Waals surface area contributed by atoms with Gasteiger partial charge in [-0.3, -0.25) is 4.79 Å².